The summed E-state index contributed by atoms with van der Waals surface area (Å²) in [5, 5.41) is 24.9. The lowest BCUT2D eigenvalue weighted by molar-refractivity contribution is -0.367. The number of benzene rings is 7. The van der Waals surface area contributed by atoms with E-state index in [0.717, 1.165) is 32.7 Å². The second-order valence-corrected chi connectivity index (χ2v) is 20.3. The number of Topliss-reactive ketones (excluding diaryl/α,β-unsaturated/α-hetero) is 1. The molecule has 410 valence electrons. The maximum atomic E-state index is 14.6. The van der Waals surface area contributed by atoms with E-state index in [4.69, 9.17) is 42.6 Å². The Morgan fingerprint density at radius 3 is 1.39 bits per heavy atom. The van der Waals surface area contributed by atoms with Crippen molar-refractivity contribution in [3.63, 3.8) is 0 Å². The quantitative estimate of drug-likeness (QED) is 0.0298. The van der Waals surface area contributed by atoms with Crippen molar-refractivity contribution >= 4 is 29.5 Å². The highest BCUT2D eigenvalue weighted by Crippen LogP contribution is 2.41. The first kappa shape index (κ1) is 56.8. The van der Waals surface area contributed by atoms with Crippen LogP contribution in [0.15, 0.2) is 217 Å². The van der Waals surface area contributed by atoms with Gasteiger partial charge in [-0.1, -0.05) is 212 Å². The normalized spacial score (nSPS) is 23.8. The Morgan fingerprint density at radius 1 is 0.468 bits per heavy atom. The Labute approximate surface area is 464 Å². The van der Waals surface area contributed by atoms with Crippen LogP contribution >= 0.6 is 11.8 Å². The van der Waals surface area contributed by atoms with Crippen LogP contribution in [0.5, 0.6) is 0 Å². The molecule has 10 atom stereocenters. The fourth-order valence-electron chi connectivity index (χ4n) is 9.38. The van der Waals surface area contributed by atoms with Gasteiger partial charge in [0.05, 0.1) is 59.1 Å². The molecule has 15 heteroatoms. The van der Waals surface area contributed by atoms with Crippen LogP contribution in [0.4, 0.5) is 0 Å². The van der Waals surface area contributed by atoms with Gasteiger partial charge < -0.3 is 52.8 Å². The number of ketones is 1. The second-order valence-electron chi connectivity index (χ2n) is 19.2. The molecule has 2 N–H and O–H groups in total. The number of esters is 2. The first-order chi connectivity index (χ1) is 38.7. The van der Waals surface area contributed by atoms with E-state index in [2.05, 4.69) is 0 Å². The average molecular weight is 1090 g/mol. The van der Waals surface area contributed by atoms with Gasteiger partial charge in [-0.2, -0.15) is 0 Å². The van der Waals surface area contributed by atoms with Crippen molar-refractivity contribution in [2.45, 2.75) is 105 Å². The Kier molecular flexibility index (Phi) is 20.8. The lowest BCUT2D eigenvalue weighted by Crippen LogP contribution is -2.68. The van der Waals surface area contributed by atoms with Gasteiger partial charge in [-0.25, -0.2) is 0 Å². The molecule has 2 aliphatic heterocycles. The molecule has 0 saturated carbocycles. The van der Waals surface area contributed by atoms with Crippen LogP contribution in [0, 0.1) is 5.92 Å². The monoisotopic (exact) mass is 1090 g/mol. The third-order valence-corrected chi connectivity index (χ3v) is 14.6. The van der Waals surface area contributed by atoms with Gasteiger partial charge in [0.15, 0.2) is 18.2 Å². The molecule has 2 saturated heterocycles. The van der Waals surface area contributed by atoms with Gasteiger partial charge in [-0.3, -0.25) is 14.4 Å². The minimum absolute atomic E-state index is 0.0717. The van der Waals surface area contributed by atoms with E-state index in [1.807, 2.05) is 182 Å². The molecular weight excluding hydrogens is 1020 g/mol. The highest BCUT2D eigenvalue weighted by Gasteiger charge is 2.62. The lowest BCUT2D eigenvalue weighted by atomic mass is 9.81. The second kappa shape index (κ2) is 28.9. The highest BCUT2D eigenvalue weighted by atomic mass is 32.2. The molecule has 9 rings (SSSR count). The van der Waals surface area contributed by atoms with E-state index in [1.165, 1.54) is 23.9 Å². The Balaban J connectivity index is 0.978. The summed E-state index contributed by atoms with van der Waals surface area (Å²) >= 11 is 1.34. The number of rotatable bonds is 26. The van der Waals surface area contributed by atoms with E-state index >= 15 is 0 Å². The molecule has 0 aromatic heterocycles. The van der Waals surface area contributed by atoms with Crippen molar-refractivity contribution < 1.29 is 67.2 Å². The van der Waals surface area contributed by atoms with E-state index in [1.54, 1.807) is 18.2 Å². The molecule has 0 unspecified atom stereocenters. The average Bonchev–Trinajstić information content (AvgIpc) is 3.49. The number of aliphatic hydroxyl groups excluding tert-OH is 1. The third kappa shape index (κ3) is 15.9. The minimum atomic E-state index is -2.96. The SMILES string of the molecule is O=C(CCC(=O)O[C@]1(O)[C@H](O)[C@@H](COCc2ccccc2)O[C@H](OCc2ccccc2)[C@H]1C(=O)c1ccccc1)O[C@@H]1[C@@H](OCc2ccccc2)[C@H](OCc2ccccc2)[C@@H](COCc2ccccc2)O[C@H]1Sc1ccccc1. The van der Waals surface area contributed by atoms with Gasteiger partial charge in [0.25, 0.3) is 5.79 Å². The summed E-state index contributed by atoms with van der Waals surface area (Å²) in [5.41, 5.74) is 3.53. The van der Waals surface area contributed by atoms with Crippen molar-refractivity contribution in [2.75, 3.05) is 13.2 Å². The molecule has 0 amide bonds. The summed E-state index contributed by atoms with van der Waals surface area (Å²) in [7, 11) is 0. The first-order valence-corrected chi connectivity index (χ1v) is 27.2. The van der Waals surface area contributed by atoms with Crippen LogP contribution in [0.3, 0.4) is 0 Å². The molecule has 2 heterocycles. The number of hydrogen-bond acceptors (Lipinski definition) is 15. The van der Waals surface area contributed by atoms with Gasteiger partial charge in [-0.15, -0.1) is 0 Å². The molecule has 7 aromatic rings. The molecule has 0 spiro atoms. The number of carbonyl (C=O) groups is 3. The zero-order valence-corrected chi connectivity index (χ0v) is 44.3. The first-order valence-electron chi connectivity index (χ1n) is 26.3. The van der Waals surface area contributed by atoms with Crippen molar-refractivity contribution in [3.05, 3.63) is 246 Å². The van der Waals surface area contributed by atoms with E-state index in [9.17, 15) is 24.6 Å². The van der Waals surface area contributed by atoms with Gasteiger partial charge in [0, 0.05) is 10.5 Å². The number of ether oxygens (including phenoxy) is 9. The predicted molar refractivity (Wildman–Crippen MR) is 294 cm³/mol. The van der Waals surface area contributed by atoms with Crippen LogP contribution in [-0.2, 0) is 85.3 Å². The maximum absolute atomic E-state index is 14.6. The molecule has 0 aliphatic carbocycles. The van der Waals surface area contributed by atoms with Crippen LogP contribution < -0.4 is 0 Å². The number of carbonyl (C=O) groups excluding carboxylic acids is 3. The number of thioether (sulfide) groups is 1. The molecule has 7 aromatic carbocycles. The summed E-state index contributed by atoms with van der Waals surface area (Å²) in [4.78, 5) is 44.2. The molecule has 0 bridgehead atoms. The summed E-state index contributed by atoms with van der Waals surface area (Å²) < 4.78 is 57.6. The molecular formula is C64H64O14S. The smallest absolute Gasteiger partial charge is 0.309 e. The van der Waals surface area contributed by atoms with Crippen LogP contribution in [0.25, 0.3) is 0 Å². The van der Waals surface area contributed by atoms with E-state index < -0.39 is 90.6 Å². The number of hydrogen-bond donors (Lipinski definition) is 2. The summed E-state index contributed by atoms with van der Waals surface area (Å²) in [6.45, 7) is 0.448. The fourth-order valence-corrected chi connectivity index (χ4v) is 10.5. The minimum Gasteiger partial charge on any atom is -0.456 e. The van der Waals surface area contributed by atoms with Crippen molar-refractivity contribution in [1.29, 1.82) is 0 Å². The zero-order valence-electron chi connectivity index (χ0n) is 43.5. The van der Waals surface area contributed by atoms with Gasteiger partial charge >= 0.3 is 11.9 Å². The van der Waals surface area contributed by atoms with Crippen LogP contribution in [0.1, 0.15) is 51.0 Å². The molecule has 14 nitrogen and oxygen atoms in total. The van der Waals surface area contributed by atoms with E-state index in [0.29, 0.717) is 6.61 Å². The van der Waals surface area contributed by atoms with Gasteiger partial charge in [0.1, 0.15) is 41.9 Å². The fraction of sp³-hybridized carbons (Fsp3) is 0.297. The summed E-state index contributed by atoms with van der Waals surface area (Å²) in [5.74, 6) is -7.45. The molecule has 2 fully saturated rings. The largest absolute Gasteiger partial charge is 0.456 e. The predicted octanol–water partition coefficient (Wildman–Crippen LogP) is 9.83. The lowest BCUT2D eigenvalue weighted by Gasteiger charge is -2.48. The maximum Gasteiger partial charge on any atom is 0.309 e. The summed E-state index contributed by atoms with van der Waals surface area (Å²) in [6, 6.07) is 65.0. The van der Waals surface area contributed by atoms with Crippen LogP contribution in [-0.4, -0.2) is 95.3 Å². The topological polar surface area (TPSA) is 175 Å². The zero-order chi connectivity index (χ0) is 54.7. The Bertz CT molecular complexity index is 2930. The van der Waals surface area contributed by atoms with Crippen molar-refractivity contribution in [2.24, 2.45) is 5.92 Å². The van der Waals surface area contributed by atoms with Gasteiger partial charge in [0.2, 0.25) is 0 Å². The Hall–Kier alpha value is -6.86. The van der Waals surface area contributed by atoms with Crippen molar-refractivity contribution in [1.82, 2.24) is 0 Å². The van der Waals surface area contributed by atoms with Gasteiger partial charge in [-0.05, 0) is 39.9 Å². The van der Waals surface area contributed by atoms with Crippen molar-refractivity contribution in [3.8, 4) is 0 Å². The third-order valence-electron chi connectivity index (χ3n) is 13.4. The standard InChI is InChI=1S/C64H64O14S/c65-54(36-37-55(66)78-64(69)56(57(67)50-32-18-6-19-33-50)62(74-42-49-30-16-5-17-31-49)75-53(61(64)68)44-71-39-46-24-10-2-11-25-46)77-60-59(73-41-48-28-14-4-15-29-48)58(72-40-47-26-12-3-13-27-47)52(43-70-38-45-22-8-1-9-23-45)76-63(60)79-51-34-20-7-21-35-51/h1-35,52-53,56,58-63,68-69H,36-44H2/t52-,53-,56-,58-,59+,60-,61-,62+,63+,64+/m1/s1. The highest BCUT2D eigenvalue weighted by molar-refractivity contribution is 7.99. The van der Waals surface area contributed by atoms with E-state index in [-0.39, 0.29) is 45.2 Å². The summed E-state index contributed by atoms with van der Waals surface area (Å²) in [6.07, 6.45) is -9.81. The molecule has 2 aliphatic rings. The van der Waals surface area contributed by atoms with Crippen LogP contribution in [0.2, 0.25) is 0 Å². The number of aliphatic hydroxyl groups is 2. The molecule has 0 radical (unpaired) electrons. The molecule has 79 heavy (non-hydrogen) atoms. The Morgan fingerprint density at radius 2 is 0.886 bits per heavy atom.